The van der Waals surface area contributed by atoms with Crippen molar-refractivity contribution in [1.82, 2.24) is 10.6 Å². The van der Waals surface area contributed by atoms with Crippen molar-refractivity contribution >= 4 is 5.91 Å². The third kappa shape index (κ3) is 19.1. The fraction of sp³-hybridized carbons (Fsp3) is 0.750. The molecule has 1 aromatic rings. The van der Waals surface area contributed by atoms with Crippen LogP contribution in [0.15, 0.2) is 30.3 Å². The second-order valence-corrected chi connectivity index (χ2v) is 9.07. The lowest BCUT2D eigenvalue weighted by atomic mass is 10.0. The zero-order chi connectivity index (χ0) is 22.2. The van der Waals surface area contributed by atoms with Crippen molar-refractivity contribution in [2.45, 2.75) is 123 Å². The molecule has 0 spiro atoms. The Kier molecular flexibility index (Phi) is 19.5. The largest absolute Gasteiger partial charge is 0.356 e. The average Bonchev–Trinajstić information content (AvgIpc) is 2.79. The summed E-state index contributed by atoms with van der Waals surface area (Å²) in [5.74, 6) is 0.220. The molecule has 0 aromatic heterocycles. The Bertz CT molecular complexity index is 503. The van der Waals surface area contributed by atoms with Gasteiger partial charge in [0.05, 0.1) is 0 Å². The van der Waals surface area contributed by atoms with E-state index >= 15 is 0 Å². The van der Waals surface area contributed by atoms with Gasteiger partial charge in [-0.3, -0.25) is 4.79 Å². The van der Waals surface area contributed by atoms with Crippen LogP contribution in [-0.4, -0.2) is 19.0 Å². The van der Waals surface area contributed by atoms with Crippen LogP contribution in [0.2, 0.25) is 0 Å². The van der Waals surface area contributed by atoms with E-state index < -0.39 is 0 Å². The van der Waals surface area contributed by atoms with Crippen molar-refractivity contribution in [1.29, 1.82) is 0 Å². The topological polar surface area (TPSA) is 41.1 Å². The van der Waals surface area contributed by atoms with Gasteiger partial charge in [0.15, 0.2) is 0 Å². The lowest BCUT2D eigenvalue weighted by molar-refractivity contribution is -0.121. The minimum atomic E-state index is 0.220. The van der Waals surface area contributed by atoms with Gasteiger partial charge < -0.3 is 10.6 Å². The Balaban J connectivity index is 1.74. The van der Waals surface area contributed by atoms with Gasteiger partial charge in [-0.1, -0.05) is 127 Å². The lowest BCUT2D eigenvalue weighted by Crippen LogP contribution is -2.27. The third-order valence-electron chi connectivity index (χ3n) is 6.03. The second-order valence-electron chi connectivity index (χ2n) is 9.07. The summed E-state index contributed by atoms with van der Waals surface area (Å²) in [5, 5.41) is 6.48. The van der Waals surface area contributed by atoms with Crippen LogP contribution in [0.3, 0.4) is 0 Å². The molecule has 3 nitrogen and oxygen atoms in total. The molecule has 3 heteroatoms. The van der Waals surface area contributed by atoms with Gasteiger partial charge in [-0.15, -0.1) is 0 Å². The van der Waals surface area contributed by atoms with Gasteiger partial charge in [-0.25, -0.2) is 0 Å². The van der Waals surface area contributed by atoms with E-state index in [0.717, 1.165) is 32.5 Å². The summed E-state index contributed by atoms with van der Waals surface area (Å²) in [6, 6.07) is 10.4. The summed E-state index contributed by atoms with van der Waals surface area (Å²) >= 11 is 0. The summed E-state index contributed by atoms with van der Waals surface area (Å²) < 4.78 is 0. The predicted octanol–water partition coefficient (Wildman–Crippen LogP) is 7.54. The molecule has 0 saturated heterocycles. The SMILES string of the molecule is CCCCCCCCCCCCCCCCCC(=O)NCCCNCc1ccccc1. The Labute approximate surface area is 193 Å². The summed E-state index contributed by atoms with van der Waals surface area (Å²) in [6.45, 7) is 4.90. The van der Waals surface area contributed by atoms with E-state index in [2.05, 4.69) is 41.8 Å². The fourth-order valence-corrected chi connectivity index (χ4v) is 4.02. The minimum absolute atomic E-state index is 0.220. The normalized spacial score (nSPS) is 11.0. The maximum atomic E-state index is 11.9. The molecular weight excluding hydrogens is 380 g/mol. The highest BCUT2D eigenvalue weighted by molar-refractivity contribution is 5.75. The van der Waals surface area contributed by atoms with Crippen molar-refractivity contribution in [2.24, 2.45) is 0 Å². The van der Waals surface area contributed by atoms with Crippen molar-refractivity contribution in [3.05, 3.63) is 35.9 Å². The van der Waals surface area contributed by atoms with Crippen LogP contribution in [0.5, 0.6) is 0 Å². The summed E-state index contributed by atoms with van der Waals surface area (Å²) in [4.78, 5) is 11.9. The van der Waals surface area contributed by atoms with E-state index in [1.54, 1.807) is 0 Å². The molecule has 0 aliphatic heterocycles. The number of carbonyl (C=O) groups is 1. The van der Waals surface area contributed by atoms with E-state index in [-0.39, 0.29) is 5.91 Å². The number of benzene rings is 1. The van der Waals surface area contributed by atoms with Crippen molar-refractivity contribution in [2.75, 3.05) is 13.1 Å². The molecule has 1 amide bonds. The van der Waals surface area contributed by atoms with E-state index in [1.165, 1.54) is 95.5 Å². The standard InChI is InChI=1S/C28H50N2O/c1-2-3-4-5-6-7-8-9-10-11-12-13-14-15-19-23-28(31)30-25-20-24-29-26-27-21-17-16-18-22-27/h16-18,21-22,29H,2-15,19-20,23-26H2,1H3,(H,30,31). The monoisotopic (exact) mass is 430 g/mol. The van der Waals surface area contributed by atoms with Gasteiger partial charge in [0.25, 0.3) is 0 Å². The molecule has 1 rings (SSSR count). The number of hydrogen-bond acceptors (Lipinski definition) is 2. The zero-order valence-corrected chi connectivity index (χ0v) is 20.4. The molecule has 178 valence electrons. The molecule has 0 bridgehead atoms. The van der Waals surface area contributed by atoms with E-state index in [9.17, 15) is 4.79 Å². The Hall–Kier alpha value is -1.35. The molecule has 0 fully saturated rings. The van der Waals surface area contributed by atoms with Crippen LogP contribution in [0.4, 0.5) is 0 Å². The first-order valence-corrected chi connectivity index (χ1v) is 13.3. The van der Waals surface area contributed by atoms with Crippen LogP contribution in [0, 0.1) is 0 Å². The van der Waals surface area contributed by atoms with Crippen LogP contribution >= 0.6 is 0 Å². The second kappa shape index (κ2) is 21.9. The predicted molar refractivity (Wildman–Crippen MR) is 135 cm³/mol. The Morgan fingerprint density at radius 2 is 1.16 bits per heavy atom. The highest BCUT2D eigenvalue weighted by Gasteiger charge is 2.01. The fourth-order valence-electron chi connectivity index (χ4n) is 4.02. The first kappa shape index (κ1) is 27.7. The average molecular weight is 431 g/mol. The smallest absolute Gasteiger partial charge is 0.219 e. The quantitative estimate of drug-likeness (QED) is 0.186. The number of unbranched alkanes of at least 4 members (excludes halogenated alkanes) is 14. The van der Waals surface area contributed by atoms with Crippen LogP contribution in [0.1, 0.15) is 122 Å². The van der Waals surface area contributed by atoms with Crippen molar-refractivity contribution in [3.63, 3.8) is 0 Å². The van der Waals surface area contributed by atoms with Gasteiger partial charge in [0, 0.05) is 19.5 Å². The van der Waals surface area contributed by atoms with Crippen LogP contribution in [0.25, 0.3) is 0 Å². The maximum absolute atomic E-state index is 11.9. The first-order chi connectivity index (χ1) is 15.3. The molecule has 31 heavy (non-hydrogen) atoms. The Morgan fingerprint density at radius 1 is 0.645 bits per heavy atom. The highest BCUT2D eigenvalue weighted by Crippen LogP contribution is 2.13. The molecule has 0 unspecified atom stereocenters. The molecular formula is C28H50N2O. The number of rotatable bonds is 22. The number of carbonyl (C=O) groups excluding carboxylic acids is 1. The third-order valence-corrected chi connectivity index (χ3v) is 6.03. The van der Waals surface area contributed by atoms with Gasteiger partial charge in [-0.05, 0) is 24.9 Å². The van der Waals surface area contributed by atoms with Crippen molar-refractivity contribution < 1.29 is 4.79 Å². The van der Waals surface area contributed by atoms with E-state index in [4.69, 9.17) is 0 Å². The molecule has 0 aliphatic rings. The number of nitrogens with one attached hydrogen (secondary N) is 2. The van der Waals surface area contributed by atoms with E-state index in [0.29, 0.717) is 6.42 Å². The summed E-state index contributed by atoms with van der Waals surface area (Å²) in [7, 11) is 0. The summed E-state index contributed by atoms with van der Waals surface area (Å²) in [6.07, 6.45) is 22.1. The molecule has 0 radical (unpaired) electrons. The lowest BCUT2D eigenvalue weighted by Gasteiger charge is -2.07. The molecule has 0 atom stereocenters. The van der Waals surface area contributed by atoms with Gasteiger partial charge >= 0.3 is 0 Å². The van der Waals surface area contributed by atoms with Gasteiger partial charge in [0.1, 0.15) is 0 Å². The van der Waals surface area contributed by atoms with Crippen LogP contribution < -0.4 is 10.6 Å². The molecule has 2 N–H and O–H groups in total. The molecule has 1 aromatic carbocycles. The zero-order valence-electron chi connectivity index (χ0n) is 20.4. The summed E-state index contributed by atoms with van der Waals surface area (Å²) in [5.41, 5.74) is 1.31. The number of amides is 1. The number of hydrogen-bond donors (Lipinski definition) is 2. The van der Waals surface area contributed by atoms with Crippen LogP contribution in [-0.2, 0) is 11.3 Å². The molecule has 0 aliphatic carbocycles. The van der Waals surface area contributed by atoms with Gasteiger partial charge in [0.2, 0.25) is 5.91 Å². The maximum Gasteiger partial charge on any atom is 0.219 e. The van der Waals surface area contributed by atoms with Gasteiger partial charge in [-0.2, -0.15) is 0 Å². The first-order valence-electron chi connectivity index (χ1n) is 13.3. The molecule has 0 saturated carbocycles. The highest BCUT2D eigenvalue weighted by atomic mass is 16.1. The van der Waals surface area contributed by atoms with E-state index in [1.807, 2.05) is 6.07 Å². The molecule has 0 heterocycles. The Morgan fingerprint density at radius 3 is 1.71 bits per heavy atom. The van der Waals surface area contributed by atoms with Crippen molar-refractivity contribution in [3.8, 4) is 0 Å². The minimum Gasteiger partial charge on any atom is -0.356 e.